The van der Waals surface area contributed by atoms with Crippen molar-refractivity contribution in [3.63, 3.8) is 0 Å². The number of piperazine rings is 1. The van der Waals surface area contributed by atoms with E-state index in [9.17, 15) is 14.7 Å². The van der Waals surface area contributed by atoms with Gasteiger partial charge < -0.3 is 19.6 Å². The van der Waals surface area contributed by atoms with Gasteiger partial charge >= 0.3 is 0 Å². The van der Waals surface area contributed by atoms with E-state index in [0.29, 0.717) is 18.7 Å². The van der Waals surface area contributed by atoms with E-state index in [-0.39, 0.29) is 46.8 Å². The smallest absolute Gasteiger partial charge is 0.254 e. The van der Waals surface area contributed by atoms with E-state index >= 15 is 0 Å². The zero-order chi connectivity index (χ0) is 19.8. The minimum atomic E-state index is -0.357. The third kappa shape index (κ3) is 2.36. The van der Waals surface area contributed by atoms with Gasteiger partial charge in [-0.3, -0.25) is 9.59 Å². The number of ether oxygens (including phenoxy) is 1. The molecule has 1 aromatic rings. The van der Waals surface area contributed by atoms with Gasteiger partial charge in [0.05, 0.1) is 17.1 Å². The Morgan fingerprint density at radius 3 is 2.32 bits per heavy atom. The lowest BCUT2D eigenvalue weighted by atomic mass is 9.60. The number of phenols is 1. The number of rotatable bonds is 2. The molecule has 0 spiro atoms. The molecule has 7 rings (SSSR count). The van der Waals surface area contributed by atoms with Crippen LogP contribution in [-0.2, 0) is 9.53 Å². The van der Waals surface area contributed by atoms with Crippen molar-refractivity contribution in [2.75, 3.05) is 13.1 Å². The van der Waals surface area contributed by atoms with E-state index in [4.69, 9.17) is 4.74 Å². The first kappa shape index (κ1) is 18.0. The summed E-state index contributed by atoms with van der Waals surface area (Å²) in [5, 5.41) is 9.96. The highest BCUT2D eigenvalue weighted by molar-refractivity contribution is 5.95. The van der Waals surface area contributed by atoms with Gasteiger partial charge in [0, 0.05) is 30.7 Å². The average Bonchev–Trinajstić information content (AvgIpc) is 3.08. The molecule has 0 aromatic heterocycles. The molecule has 6 fully saturated rings. The average molecular weight is 384 g/mol. The van der Waals surface area contributed by atoms with Crippen LogP contribution in [0, 0.1) is 12.3 Å². The molecular weight excluding hydrogens is 356 g/mol. The van der Waals surface area contributed by atoms with Crippen molar-refractivity contribution in [3.05, 3.63) is 29.3 Å². The molecule has 6 nitrogen and oxygen atoms in total. The van der Waals surface area contributed by atoms with Gasteiger partial charge in [0.25, 0.3) is 5.91 Å². The first-order chi connectivity index (χ1) is 13.2. The van der Waals surface area contributed by atoms with Crippen molar-refractivity contribution >= 4 is 11.8 Å². The number of aryl methyl sites for hydroxylation is 1. The SMILES string of the molecule is Cc1ccc(C(=O)N2CC3CCC2CN3C(=O)C23CC(C)(C2)OC3C)cc1O. The van der Waals surface area contributed by atoms with Gasteiger partial charge in [0.1, 0.15) is 5.75 Å². The Morgan fingerprint density at radius 1 is 1.14 bits per heavy atom. The molecule has 150 valence electrons. The zero-order valence-electron chi connectivity index (χ0n) is 16.8. The summed E-state index contributed by atoms with van der Waals surface area (Å²) in [4.78, 5) is 30.4. The van der Waals surface area contributed by atoms with Crippen LogP contribution in [-0.4, -0.2) is 63.6 Å². The highest BCUT2D eigenvalue weighted by Crippen LogP contribution is 2.62. The van der Waals surface area contributed by atoms with E-state index in [0.717, 1.165) is 31.2 Å². The van der Waals surface area contributed by atoms with Crippen LogP contribution >= 0.6 is 0 Å². The molecule has 2 amide bonds. The maximum absolute atomic E-state index is 13.4. The summed E-state index contributed by atoms with van der Waals surface area (Å²) in [7, 11) is 0. The molecule has 3 unspecified atom stereocenters. The van der Waals surface area contributed by atoms with Crippen molar-refractivity contribution in [1.29, 1.82) is 0 Å². The molecule has 5 heterocycles. The normalized spacial score (nSPS) is 38.5. The Bertz CT molecular complexity index is 860. The number of benzene rings is 1. The second-order valence-corrected chi connectivity index (χ2v) is 9.52. The molecule has 1 saturated carbocycles. The predicted octanol–water partition coefficient (Wildman–Crippen LogP) is 2.47. The number of fused-ring (bicyclic) bond motifs is 4. The number of hydrogen-bond acceptors (Lipinski definition) is 4. The summed E-state index contributed by atoms with van der Waals surface area (Å²) < 4.78 is 6.02. The molecule has 1 aliphatic carbocycles. The van der Waals surface area contributed by atoms with Crippen molar-refractivity contribution in [1.82, 2.24) is 9.80 Å². The highest BCUT2D eigenvalue weighted by atomic mass is 16.5. The number of amides is 2. The van der Waals surface area contributed by atoms with E-state index in [2.05, 4.69) is 6.92 Å². The Hall–Kier alpha value is -2.08. The van der Waals surface area contributed by atoms with Gasteiger partial charge in [-0.2, -0.15) is 0 Å². The van der Waals surface area contributed by atoms with Crippen LogP contribution in [0.4, 0.5) is 0 Å². The number of phenolic OH excluding ortho intramolecular Hbond substituents is 1. The summed E-state index contributed by atoms with van der Waals surface area (Å²) in [6.07, 6.45) is 3.48. The van der Waals surface area contributed by atoms with Gasteiger partial charge in [0.2, 0.25) is 5.91 Å². The van der Waals surface area contributed by atoms with Gasteiger partial charge in [-0.05, 0) is 64.2 Å². The molecule has 5 saturated heterocycles. The minimum absolute atomic E-state index is 0.0290. The molecular formula is C22H28N2O4. The van der Waals surface area contributed by atoms with Crippen molar-refractivity contribution in [3.8, 4) is 5.75 Å². The third-order valence-corrected chi connectivity index (χ3v) is 7.55. The summed E-state index contributed by atoms with van der Waals surface area (Å²) >= 11 is 0. The number of carbonyl (C=O) groups is 2. The lowest BCUT2D eigenvalue weighted by molar-refractivity contribution is -0.157. The molecule has 1 N–H and O–H groups in total. The van der Waals surface area contributed by atoms with Crippen molar-refractivity contribution in [2.24, 2.45) is 5.41 Å². The van der Waals surface area contributed by atoms with Crippen LogP contribution < -0.4 is 0 Å². The number of nitrogens with zero attached hydrogens (tertiary/aromatic N) is 2. The van der Waals surface area contributed by atoms with Crippen LogP contribution in [0.15, 0.2) is 18.2 Å². The first-order valence-electron chi connectivity index (χ1n) is 10.3. The van der Waals surface area contributed by atoms with E-state index in [1.165, 1.54) is 0 Å². The third-order valence-electron chi connectivity index (χ3n) is 7.55. The molecule has 6 aliphatic rings. The fraction of sp³-hybridized carbons (Fsp3) is 0.636. The molecule has 6 heteroatoms. The monoisotopic (exact) mass is 384 g/mol. The molecule has 3 atom stereocenters. The molecule has 5 aliphatic heterocycles. The fourth-order valence-corrected chi connectivity index (χ4v) is 6.04. The fourth-order valence-electron chi connectivity index (χ4n) is 6.04. The Balaban J connectivity index is 1.33. The topological polar surface area (TPSA) is 70.1 Å². The summed E-state index contributed by atoms with van der Waals surface area (Å²) in [6.45, 7) is 7.12. The second kappa shape index (κ2) is 5.72. The van der Waals surface area contributed by atoms with E-state index in [1.807, 2.05) is 23.6 Å². The number of carbonyl (C=O) groups excluding carboxylic acids is 2. The lowest BCUT2D eigenvalue weighted by Gasteiger charge is -2.54. The van der Waals surface area contributed by atoms with Crippen LogP contribution in [0.1, 0.15) is 55.5 Å². The second-order valence-electron chi connectivity index (χ2n) is 9.52. The molecule has 0 radical (unpaired) electrons. The standard InChI is InChI=1S/C22H28N2O4/c1-13-4-5-15(8-18(13)25)19(26)23-9-17-7-6-16(23)10-24(17)20(27)22-11-21(3,12-22)28-14(22)2/h4-5,8,14,16-17,25H,6-7,9-12H2,1-3H3. The van der Waals surface area contributed by atoms with E-state index < -0.39 is 0 Å². The van der Waals surface area contributed by atoms with E-state index in [1.54, 1.807) is 18.2 Å². The van der Waals surface area contributed by atoms with Crippen molar-refractivity contribution in [2.45, 2.75) is 70.2 Å². The highest BCUT2D eigenvalue weighted by Gasteiger charge is 2.69. The van der Waals surface area contributed by atoms with Gasteiger partial charge in [-0.15, -0.1) is 0 Å². The minimum Gasteiger partial charge on any atom is -0.508 e. The Kier molecular flexibility index (Phi) is 3.67. The van der Waals surface area contributed by atoms with Crippen LogP contribution in [0.5, 0.6) is 5.75 Å². The maximum atomic E-state index is 13.4. The molecule has 28 heavy (non-hydrogen) atoms. The summed E-state index contributed by atoms with van der Waals surface area (Å²) in [5.74, 6) is 0.320. The predicted molar refractivity (Wildman–Crippen MR) is 103 cm³/mol. The first-order valence-corrected chi connectivity index (χ1v) is 10.3. The van der Waals surface area contributed by atoms with Gasteiger partial charge in [0.15, 0.2) is 0 Å². The molecule has 4 bridgehead atoms. The van der Waals surface area contributed by atoms with Crippen molar-refractivity contribution < 1.29 is 19.4 Å². The number of piperidine rings is 2. The summed E-state index contributed by atoms with van der Waals surface area (Å²) in [5.41, 5.74) is 0.788. The number of aromatic hydroxyl groups is 1. The number of hydrogen-bond donors (Lipinski definition) is 1. The van der Waals surface area contributed by atoms with Gasteiger partial charge in [-0.1, -0.05) is 6.07 Å². The van der Waals surface area contributed by atoms with Gasteiger partial charge in [-0.25, -0.2) is 0 Å². The van der Waals surface area contributed by atoms with Crippen LogP contribution in [0.25, 0.3) is 0 Å². The van der Waals surface area contributed by atoms with Crippen LogP contribution in [0.3, 0.4) is 0 Å². The quantitative estimate of drug-likeness (QED) is 0.850. The lowest BCUT2D eigenvalue weighted by Crippen LogP contribution is -2.68. The Labute approximate surface area is 165 Å². The zero-order valence-corrected chi connectivity index (χ0v) is 16.8. The maximum Gasteiger partial charge on any atom is 0.254 e. The summed E-state index contributed by atoms with van der Waals surface area (Å²) in [6, 6.07) is 5.22. The Morgan fingerprint density at radius 2 is 1.79 bits per heavy atom. The molecule has 1 aromatic carbocycles. The van der Waals surface area contributed by atoms with Crippen LogP contribution in [0.2, 0.25) is 0 Å². The largest absolute Gasteiger partial charge is 0.508 e.